The fraction of sp³-hybridized carbons (Fsp3) is 0.280. The van der Waals surface area contributed by atoms with Gasteiger partial charge in [-0.3, -0.25) is 14.9 Å². The number of aromatic nitrogens is 1. The van der Waals surface area contributed by atoms with Gasteiger partial charge in [0.1, 0.15) is 6.61 Å². The Labute approximate surface area is 196 Å². The van der Waals surface area contributed by atoms with E-state index in [1.165, 1.54) is 6.07 Å². The number of anilines is 1. The summed E-state index contributed by atoms with van der Waals surface area (Å²) in [5.74, 6) is -1.72. The largest absolute Gasteiger partial charge is 0.481 e. The molecule has 1 unspecified atom stereocenters. The number of amides is 2. The highest BCUT2D eigenvalue weighted by atomic mass is 16.6. The summed E-state index contributed by atoms with van der Waals surface area (Å²) >= 11 is 0. The van der Waals surface area contributed by atoms with Gasteiger partial charge in [0, 0.05) is 18.0 Å². The molecule has 0 bridgehead atoms. The minimum absolute atomic E-state index is 0.0485. The first-order valence-corrected chi connectivity index (χ1v) is 11.1. The number of benzene rings is 2. The zero-order chi connectivity index (χ0) is 24.1. The molecular weight excluding hydrogens is 438 g/mol. The monoisotopic (exact) mass is 463 g/mol. The molecule has 9 nitrogen and oxygen atoms in total. The second-order valence-electron chi connectivity index (χ2n) is 8.08. The van der Waals surface area contributed by atoms with E-state index >= 15 is 0 Å². The van der Waals surface area contributed by atoms with Crippen molar-refractivity contribution in [1.29, 1.82) is 0 Å². The Morgan fingerprint density at radius 3 is 2.35 bits per heavy atom. The molecule has 34 heavy (non-hydrogen) atoms. The Morgan fingerprint density at radius 1 is 1.09 bits per heavy atom. The zero-order valence-corrected chi connectivity index (χ0v) is 18.6. The summed E-state index contributed by atoms with van der Waals surface area (Å²) in [6, 6.07) is 16.8. The molecule has 9 heteroatoms. The van der Waals surface area contributed by atoms with Crippen molar-refractivity contribution >= 4 is 23.9 Å². The average molecular weight is 463 g/mol. The third-order valence-corrected chi connectivity index (χ3v) is 5.71. The van der Waals surface area contributed by atoms with Crippen LogP contribution in [-0.4, -0.2) is 40.9 Å². The second kappa shape index (κ2) is 10.2. The van der Waals surface area contributed by atoms with Gasteiger partial charge < -0.3 is 19.7 Å². The van der Waals surface area contributed by atoms with E-state index < -0.39 is 24.0 Å². The van der Waals surface area contributed by atoms with Crippen LogP contribution < -0.4 is 10.6 Å². The Balaban J connectivity index is 1.35. The Bertz CT molecular complexity index is 1160. The van der Waals surface area contributed by atoms with Gasteiger partial charge in [-0.2, -0.15) is 0 Å². The maximum Gasteiger partial charge on any atom is 0.414 e. The predicted molar refractivity (Wildman–Crippen MR) is 124 cm³/mol. The highest BCUT2D eigenvalue weighted by molar-refractivity contribution is 5.94. The summed E-state index contributed by atoms with van der Waals surface area (Å²) < 4.78 is 10.5. The van der Waals surface area contributed by atoms with Gasteiger partial charge in [-0.25, -0.2) is 4.79 Å². The molecule has 0 radical (unpaired) electrons. The van der Waals surface area contributed by atoms with E-state index in [4.69, 9.17) is 14.4 Å². The number of carbonyl (C=O) groups excluding carboxylic acids is 2. The molecule has 0 spiro atoms. The molecule has 1 atom stereocenters. The first kappa shape index (κ1) is 23.0. The molecule has 3 aromatic rings. The van der Waals surface area contributed by atoms with Gasteiger partial charge in [0.2, 0.25) is 5.88 Å². The first-order valence-electron chi connectivity index (χ1n) is 11.1. The molecule has 2 aromatic carbocycles. The summed E-state index contributed by atoms with van der Waals surface area (Å²) in [4.78, 5) is 35.7. The lowest BCUT2D eigenvalue weighted by atomic mass is 9.98. The molecular formula is C25H25N3O6. The predicted octanol–water partition coefficient (Wildman–Crippen LogP) is 4.41. The van der Waals surface area contributed by atoms with Gasteiger partial charge in [0.15, 0.2) is 5.69 Å². The van der Waals surface area contributed by atoms with Crippen LogP contribution in [0.4, 0.5) is 10.7 Å². The van der Waals surface area contributed by atoms with Gasteiger partial charge in [0.05, 0.1) is 6.42 Å². The number of nitrogens with one attached hydrogen (secondary N) is 2. The molecule has 0 saturated carbocycles. The van der Waals surface area contributed by atoms with Gasteiger partial charge in [-0.05, 0) is 28.7 Å². The van der Waals surface area contributed by atoms with Crippen molar-refractivity contribution in [2.45, 2.75) is 38.1 Å². The van der Waals surface area contributed by atoms with Crippen molar-refractivity contribution in [2.24, 2.45) is 0 Å². The molecule has 0 aliphatic heterocycles. The van der Waals surface area contributed by atoms with Crippen LogP contribution in [0.15, 0.2) is 59.1 Å². The van der Waals surface area contributed by atoms with Crippen molar-refractivity contribution in [3.63, 3.8) is 0 Å². The van der Waals surface area contributed by atoms with E-state index in [1.54, 1.807) is 0 Å². The molecule has 0 saturated heterocycles. The van der Waals surface area contributed by atoms with Crippen molar-refractivity contribution in [2.75, 3.05) is 11.9 Å². The number of carbonyl (C=O) groups is 3. The molecule has 1 aliphatic carbocycles. The Kier molecular flexibility index (Phi) is 6.91. The van der Waals surface area contributed by atoms with E-state index in [1.807, 2.05) is 43.3 Å². The molecule has 176 valence electrons. The van der Waals surface area contributed by atoms with Crippen molar-refractivity contribution in [1.82, 2.24) is 10.5 Å². The number of fused-ring (bicyclic) bond motifs is 3. The quantitative estimate of drug-likeness (QED) is 0.428. The summed E-state index contributed by atoms with van der Waals surface area (Å²) in [6.45, 7) is 2.03. The lowest BCUT2D eigenvalue weighted by molar-refractivity contribution is -0.137. The smallest absolute Gasteiger partial charge is 0.414 e. The van der Waals surface area contributed by atoms with Crippen LogP contribution in [-0.2, 0) is 9.53 Å². The normalized spacial score (nSPS) is 13.0. The standard InChI is InChI=1S/C25H25N3O6/c1-2-7-15(12-23(29)30)26-24(31)21-13-22(34-28-21)27-25(32)33-14-20-18-10-5-3-8-16(18)17-9-4-6-11-19(17)20/h3-6,8-11,13,15,20H,2,7,12,14H2,1H3,(H,26,31)(H,27,32)(H,29,30). The van der Waals surface area contributed by atoms with Crippen molar-refractivity contribution < 1.29 is 28.8 Å². The summed E-state index contributed by atoms with van der Waals surface area (Å²) in [5, 5.41) is 17.7. The third-order valence-electron chi connectivity index (χ3n) is 5.71. The lowest BCUT2D eigenvalue weighted by Crippen LogP contribution is -2.36. The SMILES string of the molecule is CCCC(CC(=O)O)NC(=O)c1cc(NC(=O)OCC2c3ccccc3-c3ccccc32)on1. The number of ether oxygens (including phenoxy) is 1. The number of aliphatic carboxylic acids is 1. The third kappa shape index (κ3) is 5.09. The number of rotatable bonds is 9. The molecule has 1 heterocycles. The van der Waals surface area contributed by atoms with E-state index in [-0.39, 0.29) is 30.5 Å². The molecule has 0 fully saturated rings. The molecule has 1 aromatic heterocycles. The topological polar surface area (TPSA) is 131 Å². The van der Waals surface area contributed by atoms with Crippen LogP contribution in [0, 0.1) is 0 Å². The summed E-state index contributed by atoms with van der Waals surface area (Å²) in [7, 11) is 0. The zero-order valence-electron chi connectivity index (χ0n) is 18.6. The fourth-order valence-electron chi connectivity index (χ4n) is 4.22. The Hall–Kier alpha value is -4.14. The summed E-state index contributed by atoms with van der Waals surface area (Å²) in [6.07, 6.45) is 0.300. The van der Waals surface area contributed by atoms with Crippen LogP contribution in [0.3, 0.4) is 0 Å². The Morgan fingerprint density at radius 2 is 1.74 bits per heavy atom. The van der Waals surface area contributed by atoms with E-state index in [0.29, 0.717) is 12.8 Å². The fourth-order valence-corrected chi connectivity index (χ4v) is 4.22. The maximum absolute atomic E-state index is 12.4. The lowest BCUT2D eigenvalue weighted by Gasteiger charge is -2.14. The van der Waals surface area contributed by atoms with Crippen LogP contribution in [0.5, 0.6) is 0 Å². The van der Waals surface area contributed by atoms with Crippen LogP contribution in [0.25, 0.3) is 11.1 Å². The van der Waals surface area contributed by atoms with Crippen LogP contribution in [0.1, 0.15) is 53.7 Å². The minimum Gasteiger partial charge on any atom is -0.481 e. The number of hydrogen-bond acceptors (Lipinski definition) is 6. The maximum atomic E-state index is 12.4. The molecule has 4 rings (SSSR count). The van der Waals surface area contributed by atoms with Gasteiger partial charge in [0.25, 0.3) is 5.91 Å². The van der Waals surface area contributed by atoms with Gasteiger partial charge in [-0.1, -0.05) is 67.0 Å². The highest BCUT2D eigenvalue weighted by Crippen LogP contribution is 2.44. The summed E-state index contributed by atoms with van der Waals surface area (Å²) in [5.41, 5.74) is 4.38. The second-order valence-corrected chi connectivity index (χ2v) is 8.08. The van der Waals surface area contributed by atoms with E-state index in [2.05, 4.69) is 27.9 Å². The van der Waals surface area contributed by atoms with Crippen LogP contribution >= 0.6 is 0 Å². The molecule has 1 aliphatic rings. The van der Waals surface area contributed by atoms with Crippen LogP contribution in [0.2, 0.25) is 0 Å². The number of hydrogen-bond donors (Lipinski definition) is 3. The van der Waals surface area contributed by atoms with Gasteiger partial charge >= 0.3 is 12.1 Å². The van der Waals surface area contributed by atoms with E-state index in [0.717, 1.165) is 22.3 Å². The van der Waals surface area contributed by atoms with Crippen molar-refractivity contribution in [3.8, 4) is 11.1 Å². The minimum atomic E-state index is -1.00. The van der Waals surface area contributed by atoms with Crippen molar-refractivity contribution in [3.05, 3.63) is 71.4 Å². The first-order chi connectivity index (χ1) is 16.5. The average Bonchev–Trinajstić information content (AvgIpc) is 3.40. The number of nitrogens with zero attached hydrogens (tertiary/aromatic N) is 1. The van der Waals surface area contributed by atoms with E-state index in [9.17, 15) is 14.4 Å². The van der Waals surface area contributed by atoms with Gasteiger partial charge in [-0.15, -0.1) is 0 Å². The number of carboxylic acid groups (broad SMARTS) is 1. The highest BCUT2D eigenvalue weighted by Gasteiger charge is 2.29. The molecule has 2 amide bonds. The number of carboxylic acids is 1. The molecule has 3 N–H and O–H groups in total.